The summed E-state index contributed by atoms with van der Waals surface area (Å²) in [7, 11) is 0. The Morgan fingerprint density at radius 2 is 2.10 bits per heavy atom. The smallest absolute Gasteiger partial charge is 0.258 e. The number of ether oxygens (including phenoxy) is 1. The predicted molar refractivity (Wildman–Crippen MR) is 87.3 cm³/mol. The van der Waals surface area contributed by atoms with Gasteiger partial charge in [-0.05, 0) is 30.0 Å². The van der Waals surface area contributed by atoms with Crippen LogP contribution in [0.15, 0.2) is 24.3 Å². The van der Waals surface area contributed by atoms with E-state index in [0.717, 1.165) is 30.8 Å². The summed E-state index contributed by atoms with van der Waals surface area (Å²) in [5.74, 6) is 0.738. The molecule has 0 bridgehead atoms. The number of nitrogens with one attached hydrogen (secondary N) is 2. The summed E-state index contributed by atoms with van der Waals surface area (Å²) in [4.78, 5) is 11.9. The molecule has 1 aromatic carbocycles. The fraction of sp³-hybridized carbons (Fsp3) is 0.562. The van der Waals surface area contributed by atoms with Crippen LogP contribution in [0.4, 0.5) is 0 Å². The average Bonchev–Trinajstić information content (AvgIpc) is 2.88. The molecule has 2 N–H and O–H groups in total. The molecule has 4 nitrogen and oxygen atoms in total. The maximum Gasteiger partial charge on any atom is 0.258 e. The molecule has 1 atom stereocenters. The minimum Gasteiger partial charge on any atom is -0.483 e. The van der Waals surface area contributed by atoms with Crippen LogP contribution >= 0.6 is 12.4 Å². The van der Waals surface area contributed by atoms with Crippen molar-refractivity contribution in [3.05, 3.63) is 29.8 Å². The monoisotopic (exact) mass is 312 g/mol. The van der Waals surface area contributed by atoms with Gasteiger partial charge in [0.05, 0.1) is 0 Å². The molecule has 1 fully saturated rings. The minimum absolute atomic E-state index is 0. The van der Waals surface area contributed by atoms with E-state index in [1.165, 1.54) is 0 Å². The highest BCUT2D eigenvalue weighted by Gasteiger charge is 2.20. The molecule has 1 saturated heterocycles. The van der Waals surface area contributed by atoms with Crippen LogP contribution in [0.1, 0.15) is 32.8 Å². The van der Waals surface area contributed by atoms with E-state index in [4.69, 9.17) is 4.74 Å². The lowest BCUT2D eigenvalue weighted by molar-refractivity contribution is -0.123. The van der Waals surface area contributed by atoms with Crippen LogP contribution in [-0.4, -0.2) is 31.6 Å². The van der Waals surface area contributed by atoms with Crippen LogP contribution in [0, 0.1) is 0 Å². The zero-order valence-electron chi connectivity index (χ0n) is 12.9. The second-order valence-corrected chi connectivity index (χ2v) is 6.29. The van der Waals surface area contributed by atoms with Crippen LogP contribution in [0.3, 0.4) is 0 Å². The van der Waals surface area contributed by atoms with Gasteiger partial charge in [0, 0.05) is 12.6 Å². The Balaban J connectivity index is 0.00000220. The Bertz CT molecular complexity index is 466. The number of benzene rings is 1. The molecule has 0 spiro atoms. The van der Waals surface area contributed by atoms with E-state index in [1.54, 1.807) is 0 Å². The maximum absolute atomic E-state index is 11.9. The van der Waals surface area contributed by atoms with Gasteiger partial charge in [-0.25, -0.2) is 0 Å². The van der Waals surface area contributed by atoms with Crippen molar-refractivity contribution >= 4 is 18.3 Å². The van der Waals surface area contributed by atoms with Crippen molar-refractivity contribution < 1.29 is 9.53 Å². The molecule has 0 aromatic heterocycles. The number of hydrogen-bond donors (Lipinski definition) is 2. The number of rotatable bonds is 4. The van der Waals surface area contributed by atoms with Gasteiger partial charge in [0.15, 0.2) is 6.61 Å². The van der Waals surface area contributed by atoms with Crippen molar-refractivity contribution in [3.63, 3.8) is 0 Å². The van der Waals surface area contributed by atoms with E-state index in [2.05, 4.69) is 31.4 Å². The first-order valence-corrected chi connectivity index (χ1v) is 7.19. The molecule has 118 valence electrons. The second-order valence-electron chi connectivity index (χ2n) is 6.29. The fourth-order valence-corrected chi connectivity index (χ4v) is 2.40. The van der Waals surface area contributed by atoms with Gasteiger partial charge in [0.1, 0.15) is 5.75 Å². The average molecular weight is 313 g/mol. The Hall–Kier alpha value is -1.26. The third-order valence-electron chi connectivity index (χ3n) is 3.48. The van der Waals surface area contributed by atoms with Crippen molar-refractivity contribution in [2.24, 2.45) is 0 Å². The lowest BCUT2D eigenvalue weighted by atomic mass is 9.86. The zero-order chi connectivity index (χ0) is 14.6. The van der Waals surface area contributed by atoms with E-state index in [1.807, 2.05) is 24.3 Å². The van der Waals surface area contributed by atoms with Crippen LogP contribution in [0.5, 0.6) is 5.75 Å². The van der Waals surface area contributed by atoms with Crippen molar-refractivity contribution in [2.75, 3.05) is 19.7 Å². The molecule has 0 radical (unpaired) electrons. The van der Waals surface area contributed by atoms with Crippen molar-refractivity contribution in [1.82, 2.24) is 10.6 Å². The lowest BCUT2D eigenvalue weighted by Gasteiger charge is -2.22. The molecule has 2 rings (SSSR count). The third-order valence-corrected chi connectivity index (χ3v) is 3.48. The highest BCUT2D eigenvalue weighted by molar-refractivity contribution is 5.85. The van der Waals surface area contributed by atoms with E-state index in [-0.39, 0.29) is 36.4 Å². The SMILES string of the molecule is CC(C)(C)c1ccccc1OCC(=O)NC1CCNC1.Cl. The third kappa shape index (κ3) is 5.21. The summed E-state index contributed by atoms with van der Waals surface area (Å²) in [6.07, 6.45) is 0.990. The van der Waals surface area contributed by atoms with Gasteiger partial charge in [-0.2, -0.15) is 0 Å². The van der Waals surface area contributed by atoms with Gasteiger partial charge in [0.2, 0.25) is 0 Å². The molecule has 1 amide bonds. The van der Waals surface area contributed by atoms with Gasteiger partial charge >= 0.3 is 0 Å². The molecule has 1 heterocycles. The normalized spacial score (nSPS) is 18.0. The Labute approximate surface area is 133 Å². The first kappa shape index (κ1) is 17.8. The van der Waals surface area contributed by atoms with E-state index < -0.39 is 0 Å². The molecule has 1 aliphatic rings. The van der Waals surface area contributed by atoms with Crippen molar-refractivity contribution in [2.45, 2.75) is 38.6 Å². The molecule has 5 heteroatoms. The first-order valence-electron chi connectivity index (χ1n) is 7.19. The maximum atomic E-state index is 11.9. The molecular formula is C16H25ClN2O2. The number of carbonyl (C=O) groups is 1. The Morgan fingerprint density at radius 1 is 1.38 bits per heavy atom. The second kappa shape index (κ2) is 7.66. The fourth-order valence-electron chi connectivity index (χ4n) is 2.40. The summed E-state index contributed by atoms with van der Waals surface area (Å²) in [6, 6.07) is 8.14. The quantitative estimate of drug-likeness (QED) is 0.896. The first-order chi connectivity index (χ1) is 9.47. The topological polar surface area (TPSA) is 50.4 Å². The summed E-state index contributed by atoms with van der Waals surface area (Å²) in [5.41, 5.74) is 1.12. The van der Waals surface area contributed by atoms with Gasteiger partial charge < -0.3 is 15.4 Å². The summed E-state index contributed by atoms with van der Waals surface area (Å²) in [6.45, 7) is 8.31. The number of hydrogen-bond acceptors (Lipinski definition) is 3. The van der Waals surface area contributed by atoms with Gasteiger partial charge in [-0.1, -0.05) is 39.0 Å². The van der Waals surface area contributed by atoms with Crippen LogP contribution in [0.25, 0.3) is 0 Å². The van der Waals surface area contributed by atoms with Crippen molar-refractivity contribution in [3.8, 4) is 5.75 Å². The predicted octanol–water partition coefficient (Wildman–Crippen LogP) is 2.26. The van der Waals surface area contributed by atoms with Gasteiger partial charge in [-0.3, -0.25) is 4.79 Å². The van der Waals surface area contributed by atoms with Crippen LogP contribution in [-0.2, 0) is 10.2 Å². The molecule has 1 unspecified atom stereocenters. The Morgan fingerprint density at radius 3 is 2.71 bits per heavy atom. The van der Waals surface area contributed by atoms with Crippen LogP contribution < -0.4 is 15.4 Å². The van der Waals surface area contributed by atoms with Gasteiger partial charge in [-0.15, -0.1) is 12.4 Å². The molecule has 1 aromatic rings. The van der Waals surface area contributed by atoms with E-state index in [0.29, 0.717) is 0 Å². The molecular weight excluding hydrogens is 288 g/mol. The summed E-state index contributed by atoms with van der Waals surface area (Å²) < 4.78 is 5.70. The summed E-state index contributed by atoms with van der Waals surface area (Å²) >= 11 is 0. The van der Waals surface area contributed by atoms with Crippen molar-refractivity contribution in [1.29, 1.82) is 0 Å². The molecule has 1 aliphatic heterocycles. The lowest BCUT2D eigenvalue weighted by Crippen LogP contribution is -2.39. The van der Waals surface area contributed by atoms with E-state index in [9.17, 15) is 4.79 Å². The number of carbonyl (C=O) groups excluding carboxylic acids is 1. The largest absolute Gasteiger partial charge is 0.483 e. The van der Waals surface area contributed by atoms with E-state index >= 15 is 0 Å². The molecule has 0 saturated carbocycles. The molecule has 21 heavy (non-hydrogen) atoms. The zero-order valence-corrected chi connectivity index (χ0v) is 13.8. The highest BCUT2D eigenvalue weighted by Crippen LogP contribution is 2.30. The van der Waals surface area contributed by atoms with Gasteiger partial charge in [0.25, 0.3) is 5.91 Å². The minimum atomic E-state index is -0.0533. The Kier molecular flexibility index (Phi) is 6.49. The summed E-state index contributed by atoms with van der Waals surface area (Å²) in [5, 5.41) is 6.21. The standard InChI is InChI=1S/C16H24N2O2.ClH/c1-16(2,3)13-6-4-5-7-14(13)20-11-15(19)18-12-8-9-17-10-12;/h4-7,12,17H,8-11H2,1-3H3,(H,18,19);1H. The molecule has 0 aliphatic carbocycles. The van der Waals surface area contributed by atoms with Crippen LogP contribution in [0.2, 0.25) is 0 Å². The number of amides is 1. The number of halogens is 1. The number of para-hydroxylation sites is 1. The highest BCUT2D eigenvalue weighted by atomic mass is 35.5.